The number of amides is 1. The molecule has 0 unspecified atom stereocenters. The van der Waals surface area contributed by atoms with Gasteiger partial charge >= 0.3 is 0 Å². The summed E-state index contributed by atoms with van der Waals surface area (Å²) in [6.07, 6.45) is 12.2. The zero-order chi connectivity index (χ0) is 23.4. The molecule has 1 aromatic heterocycles. The Morgan fingerprint density at radius 2 is 1.53 bits per heavy atom. The molecule has 0 fully saturated rings. The summed E-state index contributed by atoms with van der Waals surface area (Å²) in [4.78, 5) is 13.0. The zero-order valence-electron chi connectivity index (χ0n) is 20.3. The lowest BCUT2D eigenvalue weighted by molar-refractivity contribution is 0.102. The fraction of sp³-hybridized carbons (Fsp3) is 0.640. The first-order valence-electron chi connectivity index (χ1n) is 11.9. The van der Waals surface area contributed by atoms with Gasteiger partial charge in [-0.2, -0.15) is 0 Å². The average Bonchev–Trinajstić information content (AvgIpc) is 3.29. The van der Waals surface area contributed by atoms with Gasteiger partial charge in [-0.05, 0) is 31.4 Å². The largest absolute Gasteiger partial charge is 0.496 e. The van der Waals surface area contributed by atoms with E-state index < -0.39 is 0 Å². The summed E-state index contributed by atoms with van der Waals surface area (Å²) in [5.74, 6) is 0.608. The molecule has 0 aliphatic carbocycles. The van der Waals surface area contributed by atoms with Crippen molar-refractivity contribution in [2.75, 3.05) is 19.5 Å². The molecule has 2 rings (SSSR count). The fourth-order valence-corrected chi connectivity index (χ4v) is 5.25. The van der Waals surface area contributed by atoms with Crippen molar-refractivity contribution in [3.63, 3.8) is 0 Å². The number of unbranched alkanes of at least 4 members (excludes halogenated alkanes) is 6. The fourth-order valence-electron chi connectivity index (χ4n) is 4.16. The van der Waals surface area contributed by atoms with Gasteiger partial charge in [0.1, 0.15) is 22.1 Å². The van der Waals surface area contributed by atoms with E-state index in [-0.39, 0.29) is 11.3 Å². The Labute approximate surface area is 197 Å². The standard InChI is InChI=1S/C25H39N3O3S/c1-6-9-10-11-12-13-14-18-25(7-2,8-3)23-27-28-24(32-23)26-22(29)21-19(30-4)16-15-17-20(21)31-5/h15-17H,6-14,18H2,1-5H3,(H,26,28,29). The first-order valence-corrected chi connectivity index (χ1v) is 12.7. The first kappa shape index (κ1) is 26.1. The maximum Gasteiger partial charge on any atom is 0.265 e. The highest BCUT2D eigenvalue weighted by molar-refractivity contribution is 7.15. The number of carbonyl (C=O) groups is 1. The van der Waals surface area contributed by atoms with Crippen LogP contribution in [0.4, 0.5) is 5.13 Å². The Balaban J connectivity index is 2.06. The van der Waals surface area contributed by atoms with E-state index in [4.69, 9.17) is 9.47 Å². The molecule has 0 aliphatic rings. The van der Waals surface area contributed by atoms with E-state index >= 15 is 0 Å². The molecule has 0 atom stereocenters. The van der Waals surface area contributed by atoms with Crippen molar-refractivity contribution in [1.29, 1.82) is 0 Å². The van der Waals surface area contributed by atoms with Gasteiger partial charge in [-0.25, -0.2) is 0 Å². The van der Waals surface area contributed by atoms with Crippen LogP contribution in [0.15, 0.2) is 18.2 Å². The highest BCUT2D eigenvalue weighted by Gasteiger charge is 2.32. The number of benzene rings is 1. The summed E-state index contributed by atoms with van der Waals surface area (Å²) in [7, 11) is 3.07. The summed E-state index contributed by atoms with van der Waals surface area (Å²) in [6.45, 7) is 6.70. The third-order valence-corrected chi connectivity index (χ3v) is 7.45. The van der Waals surface area contributed by atoms with Crippen LogP contribution < -0.4 is 14.8 Å². The molecular weight excluding hydrogens is 422 g/mol. The molecule has 0 saturated heterocycles. The summed E-state index contributed by atoms with van der Waals surface area (Å²) in [5.41, 5.74) is 0.376. The van der Waals surface area contributed by atoms with Gasteiger partial charge in [-0.15, -0.1) is 10.2 Å². The summed E-state index contributed by atoms with van der Waals surface area (Å²) in [6, 6.07) is 5.27. The van der Waals surface area contributed by atoms with Gasteiger partial charge in [-0.3, -0.25) is 10.1 Å². The third-order valence-electron chi connectivity index (χ3n) is 6.37. The minimum Gasteiger partial charge on any atom is -0.496 e. The van der Waals surface area contributed by atoms with E-state index in [2.05, 4.69) is 36.3 Å². The lowest BCUT2D eigenvalue weighted by Gasteiger charge is -2.29. The van der Waals surface area contributed by atoms with Crippen LogP contribution in [0.25, 0.3) is 0 Å². The number of carbonyl (C=O) groups excluding carboxylic acids is 1. The Hall–Kier alpha value is -2.15. The number of methoxy groups -OCH3 is 2. The van der Waals surface area contributed by atoms with Crippen molar-refractivity contribution in [2.45, 2.75) is 90.4 Å². The summed E-state index contributed by atoms with van der Waals surface area (Å²) >= 11 is 1.48. The highest BCUT2D eigenvalue weighted by Crippen LogP contribution is 2.40. The van der Waals surface area contributed by atoms with Crippen molar-refractivity contribution >= 4 is 22.4 Å². The number of nitrogens with zero attached hydrogens (tertiary/aromatic N) is 2. The quantitative estimate of drug-likeness (QED) is 0.289. The number of nitrogens with one attached hydrogen (secondary N) is 1. The molecule has 7 heteroatoms. The van der Waals surface area contributed by atoms with Crippen LogP contribution in [0.5, 0.6) is 11.5 Å². The molecule has 0 radical (unpaired) electrons. The molecular formula is C25H39N3O3S. The second-order valence-corrected chi connectivity index (χ2v) is 9.24. The van der Waals surface area contributed by atoms with Gasteiger partial charge in [0.05, 0.1) is 14.2 Å². The highest BCUT2D eigenvalue weighted by atomic mass is 32.1. The molecule has 1 heterocycles. The second-order valence-electron chi connectivity index (χ2n) is 8.26. The molecule has 2 aromatic rings. The molecule has 6 nitrogen and oxygen atoms in total. The Morgan fingerprint density at radius 3 is 2.09 bits per heavy atom. The maximum absolute atomic E-state index is 13.0. The molecule has 1 N–H and O–H groups in total. The predicted molar refractivity (Wildman–Crippen MR) is 132 cm³/mol. The van der Waals surface area contributed by atoms with Gasteiger partial charge in [0, 0.05) is 5.41 Å². The van der Waals surface area contributed by atoms with Crippen LogP contribution in [-0.4, -0.2) is 30.3 Å². The van der Waals surface area contributed by atoms with Crippen LogP contribution in [0.1, 0.15) is 100 Å². The van der Waals surface area contributed by atoms with Crippen molar-refractivity contribution < 1.29 is 14.3 Å². The van der Waals surface area contributed by atoms with Crippen molar-refractivity contribution in [3.8, 4) is 11.5 Å². The maximum atomic E-state index is 13.0. The van der Waals surface area contributed by atoms with E-state index in [1.807, 2.05) is 0 Å². The van der Waals surface area contributed by atoms with Gasteiger partial charge in [-0.1, -0.05) is 83.1 Å². The number of ether oxygens (including phenoxy) is 2. The van der Waals surface area contributed by atoms with Gasteiger partial charge in [0.25, 0.3) is 5.91 Å². The molecule has 1 aromatic carbocycles. The molecule has 32 heavy (non-hydrogen) atoms. The van der Waals surface area contributed by atoms with Crippen LogP contribution in [0.3, 0.4) is 0 Å². The second kappa shape index (κ2) is 13.4. The molecule has 0 saturated carbocycles. The van der Waals surface area contributed by atoms with Crippen LogP contribution >= 0.6 is 11.3 Å². The minimum absolute atomic E-state index is 0.0200. The summed E-state index contributed by atoms with van der Waals surface area (Å²) < 4.78 is 10.7. The minimum atomic E-state index is -0.312. The van der Waals surface area contributed by atoms with E-state index in [0.29, 0.717) is 22.2 Å². The lowest BCUT2D eigenvalue weighted by Crippen LogP contribution is -2.24. The smallest absolute Gasteiger partial charge is 0.265 e. The van der Waals surface area contributed by atoms with Crippen molar-refractivity contribution in [3.05, 3.63) is 28.8 Å². The lowest BCUT2D eigenvalue weighted by atomic mass is 9.78. The van der Waals surface area contributed by atoms with Crippen molar-refractivity contribution in [1.82, 2.24) is 10.2 Å². The Kier molecular flexibility index (Phi) is 10.9. The monoisotopic (exact) mass is 461 g/mol. The predicted octanol–water partition coefficient (Wildman–Crippen LogP) is 7.01. The van der Waals surface area contributed by atoms with E-state index in [0.717, 1.165) is 24.3 Å². The Morgan fingerprint density at radius 1 is 0.938 bits per heavy atom. The molecule has 178 valence electrons. The van der Waals surface area contributed by atoms with E-state index in [9.17, 15) is 4.79 Å². The number of anilines is 1. The Bertz CT molecular complexity index is 811. The van der Waals surface area contributed by atoms with Crippen LogP contribution in [-0.2, 0) is 5.41 Å². The average molecular weight is 462 g/mol. The zero-order valence-corrected chi connectivity index (χ0v) is 21.1. The topological polar surface area (TPSA) is 73.3 Å². The van der Waals surface area contributed by atoms with Gasteiger partial charge < -0.3 is 9.47 Å². The number of hydrogen-bond donors (Lipinski definition) is 1. The summed E-state index contributed by atoms with van der Waals surface area (Å²) in [5, 5.41) is 13.2. The molecule has 0 spiro atoms. The van der Waals surface area contributed by atoms with E-state index in [1.54, 1.807) is 18.2 Å². The number of aromatic nitrogens is 2. The van der Waals surface area contributed by atoms with Gasteiger partial charge in [0.2, 0.25) is 5.13 Å². The molecule has 0 aliphatic heterocycles. The van der Waals surface area contributed by atoms with Crippen molar-refractivity contribution in [2.24, 2.45) is 0 Å². The first-order chi connectivity index (χ1) is 15.5. The van der Waals surface area contributed by atoms with Gasteiger partial charge in [0.15, 0.2) is 0 Å². The molecule has 0 bridgehead atoms. The normalized spacial score (nSPS) is 11.4. The van der Waals surface area contributed by atoms with Crippen LogP contribution in [0.2, 0.25) is 0 Å². The SMILES string of the molecule is CCCCCCCCCC(CC)(CC)c1nnc(NC(=O)c2c(OC)cccc2OC)s1. The van der Waals surface area contributed by atoms with E-state index in [1.165, 1.54) is 70.5 Å². The van der Waals surface area contributed by atoms with Crippen LogP contribution in [0, 0.1) is 0 Å². The number of hydrogen-bond acceptors (Lipinski definition) is 6. The molecule has 1 amide bonds. The number of rotatable bonds is 15. The third kappa shape index (κ3) is 6.67.